The first-order valence-corrected chi connectivity index (χ1v) is 14.9. The van der Waals surface area contributed by atoms with Gasteiger partial charge in [0.25, 0.3) is 5.69 Å². The van der Waals surface area contributed by atoms with Gasteiger partial charge < -0.3 is 4.90 Å². The minimum absolute atomic E-state index is 0.0289. The maximum atomic E-state index is 12.6. The van der Waals surface area contributed by atoms with E-state index in [1.165, 1.54) is 102 Å². The number of unbranched alkanes of at least 4 members (excludes halogenated alkanes) is 15. The van der Waals surface area contributed by atoms with E-state index in [9.17, 15) is 14.9 Å². The molecule has 0 saturated carbocycles. The molecule has 1 aromatic rings. The van der Waals surface area contributed by atoms with Gasteiger partial charge in [-0.2, -0.15) is 0 Å². The van der Waals surface area contributed by atoms with Gasteiger partial charge in [-0.25, -0.2) is 0 Å². The van der Waals surface area contributed by atoms with Crippen molar-refractivity contribution < 1.29 is 9.72 Å². The van der Waals surface area contributed by atoms with Gasteiger partial charge in [0.2, 0.25) is 5.91 Å². The number of likely N-dealkylation sites (N-methyl/N-ethyl adjacent to an activating group) is 1. The summed E-state index contributed by atoms with van der Waals surface area (Å²) in [7, 11) is 1.84. The largest absolute Gasteiger partial charge is 0.342 e. The maximum Gasteiger partial charge on any atom is 0.269 e. The highest BCUT2D eigenvalue weighted by atomic mass is 79.9. The third kappa shape index (κ3) is 15.1. The molecule has 0 saturated heterocycles. The van der Waals surface area contributed by atoms with E-state index in [1.807, 2.05) is 7.05 Å². The summed E-state index contributed by atoms with van der Waals surface area (Å²) in [5.41, 5.74) is 1.69. The molecule has 0 bridgehead atoms. The van der Waals surface area contributed by atoms with Gasteiger partial charge in [0.15, 0.2) is 0 Å². The fourth-order valence-electron chi connectivity index (χ4n) is 4.26. The van der Waals surface area contributed by atoms with E-state index in [-0.39, 0.29) is 11.6 Å². The molecule has 35 heavy (non-hydrogen) atoms. The SMILES string of the molecule is CCCCCCCCCCCCCCCCCCN(C)C(=O)C=C(CBr)c1ccc([N+](=O)[O-])cc1. The number of allylic oxidation sites excluding steroid dienone is 1. The molecule has 0 heterocycles. The van der Waals surface area contributed by atoms with Crippen molar-refractivity contribution in [2.75, 3.05) is 18.9 Å². The summed E-state index contributed by atoms with van der Waals surface area (Å²) in [5.74, 6) is -0.0289. The van der Waals surface area contributed by atoms with Crippen molar-refractivity contribution in [1.29, 1.82) is 0 Å². The van der Waals surface area contributed by atoms with Crippen LogP contribution in [-0.2, 0) is 4.79 Å². The molecular weight excluding hydrogens is 504 g/mol. The fourth-order valence-corrected chi connectivity index (χ4v) is 4.75. The van der Waals surface area contributed by atoms with E-state index in [4.69, 9.17) is 0 Å². The molecule has 0 fully saturated rings. The summed E-state index contributed by atoms with van der Waals surface area (Å²) in [6.45, 7) is 3.03. The van der Waals surface area contributed by atoms with Crippen LogP contribution in [0, 0.1) is 10.1 Å². The molecule has 1 amide bonds. The Morgan fingerprint density at radius 3 is 1.66 bits per heavy atom. The van der Waals surface area contributed by atoms with Gasteiger partial charge in [0.05, 0.1) is 4.92 Å². The van der Waals surface area contributed by atoms with Gasteiger partial charge in [0.1, 0.15) is 0 Å². The number of hydrogen-bond acceptors (Lipinski definition) is 3. The maximum absolute atomic E-state index is 12.6. The standard InChI is InChI=1S/C29H47BrN2O3/c1-3-4-5-6-7-8-9-10-11-12-13-14-15-16-17-18-23-31(2)29(33)24-27(25-30)26-19-21-28(22-20-26)32(34)35/h19-22,24H,3-18,23,25H2,1-2H3. The van der Waals surface area contributed by atoms with Crippen LogP contribution in [0.3, 0.4) is 0 Å². The summed E-state index contributed by atoms with van der Waals surface area (Å²) in [6, 6.07) is 6.31. The van der Waals surface area contributed by atoms with E-state index in [0.717, 1.165) is 30.5 Å². The summed E-state index contributed by atoms with van der Waals surface area (Å²) < 4.78 is 0. The Balaban J connectivity index is 2.09. The number of amides is 1. The van der Waals surface area contributed by atoms with Crippen LogP contribution >= 0.6 is 15.9 Å². The number of nitro groups is 1. The quantitative estimate of drug-likeness (QED) is 0.0503. The van der Waals surface area contributed by atoms with Gasteiger partial charge in [-0.3, -0.25) is 14.9 Å². The van der Waals surface area contributed by atoms with Crippen LogP contribution in [0.1, 0.15) is 115 Å². The number of carbonyl (C=O) groups excluding carboxylic acids is 1. The van der Waals surface area contributed by atoms with Gasteiger partial charge in [-0.15, -0.1) is 0 Å². The lowest BCUT2D eigenvalue weighted by atomic mass is 10.0. The lowest BCUT2D eigenvalue weighted by molar-refractivity contribution is -0.384. The number of carbonyl (C=O) groups is 1. The highest BCUT2D eigenvalue weighted by molar-refractivity contribution is 9.09. The molecule has 0 radical (unpaired) electrons. The second kappa shape index (κ2) is 20.5. The lowest BCUT2D eigenvalue weighted by Gasteiger charge is -2.16. The van der Waals surface area contributed by atoms with Crippen molar-refractivity contribution in [1.82, 2.24) is 4.90 Å². The number of halogens is 1. The predicted octanol–water partition coefficient (Wildman–Crippen LogP) is 9.09. The van der Waals surface area contributed by atoms with Gasteiger partial charge in [-0.05, 0) is 29.7 Å². The van der Waals surface area contributed by atoms with Crippen molar-refractivity contribution in [3.8, 4) is 0 Å². The number of nitrogens with zero attached hydrogens (tertiary/aromatic N) is 2. The number of alkyl halides is 1. The third-order valence-electron chi connectivity index (χ3n) is 6.61. The van der Waals surface area contributed by atoms with Crippen molar-refractivity contribution in [3.63, 3.8) is 0 Å². The zero-order valence-electron chi connectivity index (χ0n) is 22.1. The summed E-state index contributed by atoms with van der Waals surface area (Å²) >= 11 is 3.43. The summed E-state index contributed by atoms with van der Waals surface area (Å²) in [6.07, 6.45) is 23.1. The monoisotopic (exact) mass is 550 g/mol. The molecule has 0 N–H and O–H groups in total. The molecule has 1 aromatic carbocycles. The van der Waals surface area contributed by atoms with E-state index >= 15 is 0 Å². The Morgan fingerprint density at radius 1 is 0.829 bits per heavy atom. The highest BCUT2D eigenvalue weighted by Gasteiger charge is 2.10. The number of rotatable bonds is 21. The van der Waals surface area contributed by atoms with Gasteiger partial charge >= 0.3 is 0 Å². The second-order valence-corrected chi connectivity index (χ2v) is 10.2. The Hall–Kier alpha value is -1.69. The van der Waals surface area contributed by atoms with Crippen molar-refractivity contribution in [2.24, 2.45) is 0 Å². The summed E-state index contributed by atoms with van der Waals surface area (Å²) in [5, 5.41) is 11.3. The van der Waals surface area contributed by atoms with Crippen LogP contribution in [0.25, 0.3) is 5.57 Å². The first kappa shape index (κ1) is 31.3. The van der Waals surface area contributed by atoms with E-state index in [2.05, 4.69) is 22.9 Å². The predicted molar refractivity (Wildman–Crippen MR) is 152 cm³/mol. The number of hydrogen-bond donors (Lipinski definition) is 0. The van der Waals surface area contributed by atoms with Crippen LogP contribution in [0.15, 0.2) is 30.3 Å². The normalized spacial score (nSPS) is 11.6. The Labute approximate surface area is 222 Å². The smallest absolute Gasteiger partial charge is 0.269 e. The molecule has 0 aliphatic heterocycles. The number of non-ortho nitro benzene ring substituents is 1. The van der Waals surface area contributed by atoms with Crippen LogP contribution in [0.2, 0.25) is 0 Å². The van der Waals surface area contributed by atoms with E-state index < -0.39 is 4.92 Å². The highest BCUT2D eigenvalue weighted by Crippen LogP contribution is 2.21. The Kier molecular flexibility index (Phi) is 18.4. The molecule has 5 nitrogen and oxygen atoms in total. The molecule has 1 rings (SSSR count). The van der Waals surface area contributed by atoms with Gasteiger partial charge in [-0.1, -0.05) is 119 Å². The van der Waals surface area contributed by atoms with Crippen LogP contribution in [0.5, 0.6) is 0 Å². The first-order chi connectivity index (χ1) is 17.0. The molecular formula is C29H47BrN2O3. The number of nitro benzene ring substituents is 1. The van der Waals surface area contributed by atoms with Crippen molar-refractivity contribution in [2.45, 2.75) is 110 Å². The molecule has 0 unspecified atom stereocenters. The topological polar surface area (TPSA) is 63.5 Å². The van der Waals surface area contributed by atoms with Crippen LogP contribution < -0.4 is 0 Å². The minimum Gasteiger partial charge on any atom is -0.342 e. The average Bonchev–Trinajstić information content (AvgIpc) is 2.86. The zero-order valence-corrected chi connectivity index (χ0v) is 23.7. The molecule has 0 atom stereocenters. The van der Waals surface area contributed by atoms with Crippen molar-refractivity contribution in [3.05, 3.63) is 46.0 Å². The Bertz CT molecular complexity index is 734. The Morgan fingerprint density at radius 2 is 1.26 bits per heavy atom. The summed E-state index contributed by atoms with van der Waals surface area (Å²) in [4.78, 5) is 24.7. The third-order valence-corrected chi connectivity index (χ3v) is 7.22. The molecule has 0 aliphatic carbocycles. The zero-order chi connectivity index (χ0) is 25.7. The van der Waals surface area contributed by atoms with Gasteiger partial charge in [0, 0.05) is 37.1 Å². The van der Waals surface area contributed by atoms with E-state index in [0.29, 0.717) is 5.33 Å². The fraction of sp³-hybridized carbons (Fsp3) is 0.690. The average molecular weight is 552 g/mol. The molecule has 198 valence electrons. The molecule has 0 aromatic heterocycles. The molecule has 6 heteroatoms. The van der Waals surface area contributed by atoms with Crippen LogP contribution in [0.4, 0.5) is 5.69 Å². The van der Waals surface area contributed by atoms with E-state index in [1.54, 1.807) is 23.1 Å². The molecule has 0 spiro atoms. The van der Waals surface area contributed by atoms with Crippen LogP contribution in [-0.4, -0.2) is 34.7 Å². The molecule has 0 aliphatic rings. The first-order valence-electron chi connectivity index (χ1n) is 13.8. The minimum atomic E-state index is -0.418. The second-order valence-electron chi connectivity index (χ2n) is 9.67. The number of benzene rings is 1. The lowest BCUT2D eigenvalue weighted by Crippen LogP contribution is -2.26. The van der Waals surface area contributed by atoms with Crippen molar-refractivity contribution >= 4 is 33.1 Å².